The van der Waals surface area contributed by atoms with E-state index in [1.807, 2.05) is 31.0 Å². The molecule has 2 aromatic heterocycles. The van der Waals surface area contributed by atoms with Gasteiger partial charge in [0.05, 0.1) is 18.6 Å². The fourth-order valence-corrected chi connectivity index (χ4v) is 2.39. The second kappa shape index (κ2) is 5.33. The fourth-order valence-electron chi connectivity index (χ4n) is 2.39. The van der Waals surface area contributed by atoms with Crippen LogP contribution in [0.3, 0.4) is 0 Å². The fraction of sp³-hybridized carbons (Fsp3) is 0.250. The number of rotatable bonds is 4. The molecular weight excluding hydrogens is 248 g/mol. The molecule has 0 radical (unpaired) electrons. The maximum atomic E-state index is 4.23. The van der Waals surface area contributed by atoms with E-state index in [0.717, 1.165) is 17.6 Å². The highest BCUT2D eigenvalue weighted by Gasteiger charge is 2.06. The smallest absolute Gasteiger partial charge is 0.0951 e. The summed E-state index contributed by atoms with van der Waals surface area (Å²) in [6.07, 6.45) is 7.51. The van der Waals surface area contributed by atoms with Gasteiger partial charge in [-0.25, -0.2) is 4.98 Å². The third-order valence-electron chi connectivity index (χ3n) is 3.45. The minimum Gasteiger partial charge on any atom is -0.379 e. The molecule has 0 unspecified atom stereocenters. The summed E-state index contributed by atoms with van der Waals surface area (Å²) in [5.74, 6) is 0. The van der Waals surface area contributed by atoms with E-state index in [1.54, 1.807) is 0 Å². The minimum atomic E-state index is 0.420. The first kappa shape index (κ1) is 12.7. The summed E-state index contributed by atoms with van der Waals surface area (Å²) in [6, 6.07) is 8.69. The van der Waals surface area contributed by atoms with Crippen LogP contribution in [-0.4, -0.2) is 14.5 Å². The van der Waals surface area contributed by atoms with Crippen molar-refractivity contribution in [2.75, 3.05) is 5.32 Å². The molecule has 0 saturated carbocycles. The van der Waals surface area contributed by atoms with Gasteiger partial charge in [-0.3, -0.25) is 4.98 Å². The molecule has 0 aliphatic rings. The van der Waals surface area contributed by atoms with E-state index in [4.69, 9.17) is 0 Å². The van der Waals surface area contributed by atoms with Crippen LogP contribution in [0.15, 0.2) is 49.2 Å². The molecule has 4 nitrogen and oxygen atoms in total. The summed E-state index contributed by atoms with van der Waals surface area (Å²) in [5, 5.41) is 5.83. The van der Waals surface area contributed by atoms with Gasteiger partial charge in [0.15, 0.2) is 0 Å². The highest BCUT2D eigenvalue weighted by molar-refractivity contribution is 5.92. The second-order valence-electron chi connectivity index (χ2n) is 5.14. The quantitative estimate of drug-likeness (QED) is 0.784. The number of nitrogens with one attached hydrogen (secondary N) is 1. The van der Waals surface area contributed by atoms with Gasteiger partial charge in [-0.1, -0.05) is 12.1 Å². The molecule has 0 spiro atoms. The van der Waals surface area contributed by atoms with Crippen LogP contribution >= 0.6 is 0 Å². The van der Waals surface area contributed by atoms with E-state index in [9.17, 15) is 0 Å². The Balaban J connectivity index is 1.85. The third-order valence-corrected chi connectivity index (χ3v) is 3.45. The lowest BCUT2D eigenvalue weighted by atomic mass is 10.1. The number of anilines is 1. The number of hydrogen-bond donors (Lipinski definition) is 1. The first-order valence-corrected chi connectivity index (χ1v) is 6.83. The Morgan fingerprint density at radius 2 is 2.05 bits per heavy atom. The van der Waals surface area contributed by atoms with Crippen LogP contribution in [0.4, 0.5) is 5.69 Å². The predicted octanol–water partition coefficient (Wildman–Crippen LogP) is 3.62. The second-order valence-corrected chi connectivity index (χ2v) is 5.14. The highest BCUT2D eigenvalue weighted by atomic mass is 15.1. The van der Waals surface area contributed by atoms with Crippen LogP contribution in [0.1, 0.15) is 25.6 Å². The lowest BCUT2D eigenvalue weighted by Crippen LogP contribution is -2.09. The molecule has 0 fully saturated rings. The zero-order valence-corrected chi connectivity index (χ0v) is 11.7. The van der Waals surface area contributed by atoms with Crippen LogP contribution in [0.5, 0.6) is 0 Å². The number of hydrogen-bond acceptors (Lipinski definition) is 3. The molecule has 3 rings (SSSR count). The van der Waals surface area contributed by atoms with Crippen molar-refractivity contribution in [1.82, 2.24) is 14.5 Å². The maximum absolute atomic E-state index is 4.23. The van der Waals surface area contributed by atoms with E-state index < -0.39 is 0 Å². The lowest BCUT2D eigenvalue weighted by Gasteiger charge is -2.14. The third kappa shape index (κ3) is 2.37. The van der Waals surface area contributed by atoms with Gasteiger partial charge in [-0.05, 0) is 31.4 Å². The Hall–Kier alpha value is -2.36. The van der Waals surface area contributed by atoms with Gasteiger partial charge in [0, 0.05) is 35.7 Å². The van der Waals surface area contributed by atoms with Crippen molar-refractivity contribution in [3.05, 3.63) is 54.9 Å². The summed E-state index contributed by atoms with van der Waals surface area (Å²) >= 11 is 0. The van der Waals surface area contributed by atoms with E-state index in [1.165, 1.54) is 11.1 Å². The Morgan fingerprint density at radius 1 is 1.15 bits per heavy atom. The highest BCUT2D eigenvalue weighted by Crippen LogP contribution is 2.22. The zero-order chi connectivity index (χ0) is 13.9. The Kier molecular flexibility index (Phi) is 3.37. The molecule has 0 atom stereocenters. The molecule has 0 aliphatic heterocycles. The molecule has 2 heterocycles. The number of nitrogens with zero attached hydrogens (tertiary/aromatic N) is 3. The molecule has 1 N–H and O–H groups in total. The van der Waals surface area contributed by atoms with Gasteiger partial charge in [-0.15, -0.1) is 0 Å². The van der Waals surface area contributed by atoms with E-state index in [0.29, 0.717) is 6.04 Å². The molecule has 0 aliphatic carbocycles. The zero-order valence-electron chi connectivity index (χ0n) is 11.7. The maximum Gasteiger partial charge on any atom is 0.0951 e. The van der Waals surface area contributed by atoms with Crippen molar-refractivity contribution in [2.24, 2.45) is 0 Å². The van der Waals surface area contributed by atoms with Gasteiger partial charge in [0.2, 0.25) is 0 Å². The molecule has 20 heavy (non-hydrogen) atoms. The normalized spacial score (nSPS) is 11.2. The standard InChI is InChI=1S/C16H18N4/c1-12(2)20-11-18-8-14(20)9-19-16-5-3-4-13-6-7-17-10-15(13)16/h3-8,10-12,19H,9H2,1-2H3. The number of benzene rings is 1. The van der Waals surface area contributed by atoms with E-state index in [-0.39, 0.29) is 0 Å². The summed E-state index contributed by atoms with van der Waals surface area (Å²) in [4.78, 5) is 8.44. The Labute approximate surface area is 118 Å². The van der Waals surface area contributed by atoms with Crippen molar-refractivity contribution in [1.29, 1.82) is 0 Å². The summed E-state index contributed by atoms with van der Waals surface area (Å²) in [6.45, 7) is 5.08. The predicted molar refractivity (Wildman–Crippen MR) is 81.7 cm³/mol. The Bertz CT molecular complexity index is 710. The van der Waals surface area contributed by atoms with Gasteiger partial charge in [-0.2, -0.15) is 0 Å². The van der Waals surface area contributed by atoms with Crippen molar-refractivity contribution >= 4 is 16.5 Å². The van der Waals surface area contributed by atoms with Crippen molar-refractivity contribution < 1.29 is 0 Å². The SMILES string of the molecule is CC(C)n1cncc1CNc1cccc2ccncc12. The molecule has 0 bridgehead atoms. The average Bonchev–Trinajstić information content (AvgIpc) is 2.93. The largest absolute Gasteiger partial charge is 0.379 e. The molecule has 4 heteroatoms. The van der Waals surface area contributed by atoms with Crippen LogP contribution < -0.4 is 5.32 Å². The van der Waals surface area contributed by atoms with Crippen molar-refractivity contribution in [3.63, 3.8) is 0 Å². The number of imidazole rings is 1. The first-order chi connectivity index (χ1) is 9.75. The number of fused-ring (bicyclic) bond motifs is 1. The monoisotopic (exact) mass is 266 g/mol. The molecule has 0 saturated heterocycles. The van der Waals surface area contributed by atoms with Crippen molar-refractivity contribution in [2.45, 2.75) is 26.4 Å². The van der Waals surface area contributed by atoms with E-state index in [2.05, 4.69) is 51.9 Å². The molecule has 102 valence electrons. The van der Waals surface area contributed by atoms with Gasteiger partial charge < -0.3 is 9.88 Å². The van der Waals surface area contributed by atoms with Gasteiger partial charge >= 0.3 is 0 Å². The molecule has 0 amide bonds. The summed E-state index contributed by atoms with van der Waals surface area (Å²) in [7, 11) is 0. The van der Waals surface area contributed by atoms with E-state index >= 15 is 0 Å². The molecule has 3 aromatic rings. The number of pyridine rings is 1. The molecule has 1 aromatic carbocycles. The topological polar surface area (TPSA) is 42.7 Å². The van der Waals surface area contributed by atoms with Crippen LogP contribution in [0, 0.1) is 0 Å². The van der Waals surface area contributed by atoms with Gasteiger partial charge in [0.25, 0.3) is 0 Å². The number of aromatic nitrogens is 3. The minimum absolute atomic E-state index is 0.420. The summed E-state index contributed by atoms with van der Waals surface area (Å²) in [5.41, 5.74) is 2.29. The lowest BCUT2D eigenvalue weighted by molar-refractivity contribution is 0.577. The summed E-state index contributed by atoms with van der Waals surface area (Å²) < 4.78 is 2.18. The van der Waals surface area contributed by atoms with Crippen LogP contribution in [-0.2, 0) is 6.54 Å². The molecular formula is C16H18N4. The van der Waals surface area contributed by atoms with Crippen LogP contribution in [0.25, 0.3) is 10.8 Å². The van der Waals surface area contributed by atoms with Crippen molar-refractivity contribution in [3.8, 4) is 0 Å². The average molecular weight is 266 g/mol. The van der Waals surface area contributed by atoms with Crippen LogP contribution in [0.2, 0.25) is 0 Å². The first-order valence-electron chi connectivity index (χ1n) is 6.83. The Morgan fingerprint density at radius 3 is 2.90 bits per heavy atom. The van der Waals surface area contributed by atoms with Gasteiger partial charge in [0.1, 0.15) is 0 Å².